The lowest BCUT2D eigenvalue weighted by Gasteiger charge is -2.13. The highest BCUT2D eigenvalue weighted by molar-refractivity contribution is 7.99. The molecule has 0 bridgehead atoms. The Bertz CT molecular complexity index is 1210. The number of para-hydroxylation sites is 1. The van der Waals surface area contributed by atoms with Crippen molar-refractivity contribution in [2.45, 2.75) is 25.0 Å². The zero-order chi connectivity index (χ0) is 22.4. The summed E-state index contributed by atoms with van der Waals surface area (Å²) in [5.74, 6) is -0.861. The Morgan fingerprint density at radius 1 is 1.13 bits per heavy atom. The number of hydrogen-bond acceptors (Lipinski definition) is 7. The van der Waals surface area contributed by atoms with Crippen LogP contribution < -0.4 is 10.9 Å². The van der Waals surface area contributed by atoms with Crippen LogP contribution in [0.15, 0.2) is 58.5 Å². The molecule has 0 aliphatic heterocycles. The summed E-state index contributed by atoms with van der Waals surface area (Å²) < 4.78 is 6.04. The summed E-state index contributed by atoms with van der Waals surface area (Å²) in [6.07, 6.45) is 0.00796. The minimum absolute atomic E-state index is 0.00664. The minimum Gasteiger partial charge on any atom is -0.469 e. The lowest BCUT2D eigenvalue weighted by molar-refractivity contribution is -0.140. The van der Waals surface area contributed by atoms with Gasteiger partial charge in [0.2, 0.25) is 5.91 Å². The fraction of sp³-hybridized carbons (Fsp3) is 0.227. The van der Waals surface area contributed by atoms with E-state index in [1.54, 1.807) is 48.5 Å². The van der Waals surface area contributed by atoms with Crippen molar-refractivity contribution in [2.75, 3.05) is 18.2 Å². The number of carbonyl (C=O) groups excluding carboxylic acids is 3. The lowest BCUT2D eigenvalue weighted by atomic mass is 10.1. The molecular weight excluding hydrogens is 418 g/mol. The summed E-state index contributed by atoms with van der Waals surface area (Å²) in [7, 11) is 1.28. The summed E-state index contributed by atoms with van der Waals surface area (Å²) in [6.45, 7) is 1.55. The number of benzene rings is 2. The van der Waals surface area contributed by atoms with Crippen LogP contribution in [-0.4, -0.2) is 40.1 Å². The molecule has 1 N–H and O–H groups in total. The van der Waals surface area contributed by atoms with Gasteiger partial charge in [-0.15, -0.1) is 0 Å². The van der Waals surface area contributed by atoms with Crippen LogP contribution in [0.25, 0.3) is 10.9 Å². The average Bonchev–Trinajstić information content (AvgIpc) is 2.77. The number of methoxy groups -OCH3 is 1. The van der Waals surface area contributed by atoms with Crippen LogP contribution in [-0.2, 0) is 20.9 Å². The van der Waals surface area contributed by atoms with Gasteiger partial charge in [-0.25, -0.2) is 4.98 Å². The van der Waals surface area contributed by atoms with Crippen molar-refractivity contribution in [2.24, 2.45) is 0 Å². The van der Waals surface area contributed by atoms with Crippen LogP contribution in [0.2, 0.25) is 0 Å². The van der Waals surface area contributed by atoms with E-state index in [0.717, 1.165) is 11.8 Å². The number of carbonyl (C=O) groups is 3. The zero-order valence-corrected chi connectivity index (χ0v) is 17.9. The minimum atomic E-state index is -0.445. The van der Waals surface area contributed by atoms with Gasteiger partial charge in [0.05, 0.1) is 30.2 Å². The molecule has 0 unspecified atom stereocenters. The van der Waals surface area contributed by atoms with Gasteiger partial charge in [-0.05, 0) is 31.2 Å². The average molecular weight is 439 g/mol. The number of esters is 1. The number of nitrogens with zero attached hydrogens (tertiary/aromatic N) is 2. The molecule has 0 spiro atoms. The molecule has 0 saturated carbocycles. The number of anilines is 1. The Labute approximate surface area is 182 Å². The smallest absolute Gasteiger partial charge is 0.307 e. The largest absolute Gasteiger partial charge is 0.469 e. The molecule has 1 heterocycles. The van der Waals surface area contributed by atoms with Crippen LogP contribution in [0.4, 0.5) is 5.69 Å². The Kier molecular flexibility index (Phi) is 7.19. The van der Waals surface area contributed by atoms with Gasteiger partial charge >= 0.3 is 5.97 Å². The zero-order valence-electron chi connectivity index (χ0n) is 17.1. The lowest BCUT2D eigenvalue weighted by Crippen LogP contribution is -2.25. The predicted molar refractivity (Wildman–Crippen MR) is 118 cm³/mol. The Hall–Kier alpha value is -3.46. The van der Waals surface area contributed by atoms with Crippen molar-refractivity contribution in [3.63, 3.8) is 0 Å². The van der Waals surface area contributed by atoms with Gasteiger partial charge in [0, 0.05) is 17.8 Å². The third-order valence-corrected chi connectivity index (χ3v) is 5.46. The van der Waals surface area contributed by atoms with E-state index in [4.69, 9.17) is 0 Å². The summed E-state index contributed by atoms with van der Waals surface area (Å²) in [5, 5.41) is 3.50. The fourth-order valence-corrected chi connectivity index (χ4v) is 3.73. The van der Waals surface area contributed by atoms with Gasteiger partial charge in [0.25, 0.3) is 5.56 Å². The third kappa shape index (κ3) is 5.58. The molecule has 1 amide bonds. The maximum Gasteiger partial charge on any atom is 0.307 e. The number of fused-ring (bicyclic) bond motifs is 1. The predicted octanol–water partition coefficient (Wildman–Crippen LogP) is 2.89. The van der Waals surface area contributed by atoms with Crippen molar-refractivity contribution < 1.29 is 19.1 Å². The first-order valence-corrected chi connectivity index (χ1v) is 10.5. The molecule has 0 radical (unpaired) electrons. The Balaban J connectivity index is 1.80. The molecule has 3 rings (SSSR count). The number of thioether (sulfide) groups is 1. The van der Waals surface area contributed by atoms with Crippen LogP contribution in [0.3, 0.4) is 0 Å². The first-order valence-electron chi connectivity index (χ1n) is 9.49. The van der Waals surface area contributed by atoms with Crippen LogP contribution in [0, 0.1) is 0 Å². The number of Topliss-reactive ketones (excluding diaryl/α,β-unsaturated/α-hetero) is 1. The monoisotopic (exact) mass is 439 g/mol. The number of aromatic nitrogens is 2. The third-order valence-electron chi connectivity index (χ3n) is 4.48. The van der Waals surface area contributed by atoms with E-state index in [1.165, 1.54) is 18.6 Å². The molecule has 0 aliphatic carbocycles. The topological polar surface area (TPSA) is 107 Å². The van der Waals surface area contributed by atoms with E-state index in [-0.39, 0.29) is 36.0 Å². The maximum atomic E-state index is 12.9. The van der Waals surface area contributed by atoms with E-state index < -0.39 is 5.97 Å². The molecule has 8 nitrogen and oxygen atoms in total. The number of ketones is 1. The number of amides is 1. The molecule has 31 heavy (non-hydrogen) atoms. The quantitative estimate of drug-likeness (QED) is 0.249. The molecule has 0 fully saturated rings. The van der Waals surface area contributed by atoms with Crippen LogP contribution >= 0.6 is 11.8 Å². The highest BCUT2D eigenvalue weighted by Gasteiger charge is 2.15. The highest BCUT2D eigenvalue weighted by atomic mass is 32.2. The highest BCUT2D eigenvalue weighted by Crippen LogP contribution is 2.19. The normalized spacial score (nSPS) is 10.6. The molecule has 0 saturated heterocycles. The van der Waals surface area contributed by atoms with Crippen molar-refractivity contribution >= 4 is 46.0 Å². The molecular formula is C22H21N3O5S. The second-order valence-corrected chi connectivity index (χ2v) is 7.61. The number of nitrogens with one attached hydrogen (secondary N) is 1. The van der Waals surface area contributed by atoms with Crippen LogP contribution in [0.5, 0.6) is 0 Å². The van der Waals surface area contributed by atoms with Crippen molar-refractivity contribution in [3.05, 3.63) is 64.4 Å². The van der Waals surface area contributed by atoms with E-state index in [9.17, 15) is 19.2 Å². The summed E-state index contributed by atoms with van der Waals surface area (Å²) >= 11 is 1.09. The molecule has 3 aromatic rings. The Morgan fingerprint density at radius 2 is 1.90 bits per heavy atom. The van der Waals surface area contributed by atoms with Crippen molar-refractivity contribution in [1.29, 1.82) is 0 Å². The van der Waals surface area contributed by atoms with E-state index >= 15 is 0 Å². The van der Waals surface area contributed by atoms with Gasteiger partial charge in [0.1, 0.15) is 0 Å². The molecule has 9 heteroatoms. The number of hydrogen-bond donors (Lipinski definition) is 1. The fourth-order valence-electron chi connectivity index (χ4n) is 2.90. The summed E-state index contributed by atoms with van der Waals surface area (Å²) in [5.41, 5.74) is 1.23. The Morgan fingerprint density at radius 3 is 2.65 bits per heavy atom. The van der Waals surface area contributed by atoms with Gasteiger partial charge < -0.3 is 10.1 Å². The SMILES string of the molecule is COC(=O)CCn1c(SCC(=O)Nc2cccc(C(C)=O)c2)nc2ccccc2c1=O. The maximum absolute atomic E-state index is 12.9. The second-order valence-electron chi connectivity index (χ2n) is 6.67. The first-order chi connectivity index (χ1) is 14.9. The molecule has 160 valence electrons. The van der Waals surface area contributed by atoms with Crippen LogP contribution in [0.1, 0.15) is 23.7 Å². The molecule has 2 aromatic carbocycles. The number of ether oxygens (including phenoxy) is 1. The molecule has 0 atom stereocenters. The molecule has 0 aliphatic rings. The molecule has 1 aromatic heterocycles. The number of rotatable bonds is 8. The van der Waals surface area contributed by atoms with E-state index in [1.807, 2.05) is 0 Å². The van der Waals surface area contributed by atoms with Gasteiger partial charge in [-0.2, -0.15) is 0 Å². The van der Waals surface area contributed by atoms with Gasteiger partial charge in [-0.1, -0.05) is 36.0 Å². The van der Waals surface area contributed by atoms with Gasteiger partial charge in [0.15, 0.2) is 10.9 Å². The standard InChI is InChI=1S/C22H21N3O5S/c1-14(26)15-6-5-7-16(12-15)23-19(27)13-31-22-24-18-9-4-3-8-17(18)21(29)25(22)11-10-20(28)30-2/h3-9,12H,10-11,13H2,1-2H3,(H,23,27). The first kappa shape index (κ1) is 22.2. The summed E-state index contributed by atoms with van der Waals surface area (Å²) in [6, 6.07) is 13.6. The van der Waals surface area contributed by atoms with E-state index in [2.05, 4.69) is 15.0 Å². The van der Waals surface area contributed by atoms with Crippen molar-refractivity contribution in [3.8, 4) is 0 Å². The second kappa shape index (κ2) is 10.0. The van der Waals surface area contributed by atoms with Gasteiger partial charge in [-0.3, -0.25) is 23.7 Å². The summed E-state index contributed by atoms with van der Waals surface area (Å²) in [4.78, 5) is 52.9. The van der Waals surface area contributed by atoms with Crippen molar-refractivity contribution in [1.82, 2.24) is 9.55 Å². The van der Waals surface area contributed by atoms with E-state index in [0.29, 0.717) is 27.3 Å².